The molecule has 0 spiro atoms. The molecule has 148 valence electrons. The van der Waals surface area contributed by atoms with E-state index in [1.165, 1.54) is 4.40 Å². The van der Waals surface area contributed by atoms with Crippen molar-refractivity contribution in [2.75, 3.05) is 7.11 Å². The summed E-state index contributed by atoms with van der Waals surface area (Å²) in [5, 5.41) is 7.17. The number of carbonyl (C=O) groups is 1. The Kier molecular flexibility index (Phi) is 4.86. The second kappa shape index (κ2) is 7.63. The molecular formula is C20H20N6O3. The summed E-state index contributed by atoms with van der Waals surface area (Å²) < 4.78 is 9.59. The number of ether oxygens (including phenoxy) is 1. The van der Waals surface area contributed by atoms with Gasteiger partial charge in [0.2, 0.25) is 5.91 Å². The normalized spacial score (nSPS) is 12.1. The number of benzene rings is 1. The van der Waals surface area contributed by atoms with Crippen molar-refractivity contribution in [3.8, 4) is 5.75 Å². The molecular weight excluding hydrogens is 372 g/mol. The molecule has 1 aromatic carbocycles. The Morgan fingerprint density at radius 3 is 2.62 bits per heavy atom. The van der Waals surface area contributed by atoms with Crippen LogP contribution in [0.1, 0.15) is 17.4 Å². The lowest BCUT2D eigenvalue weighted by Gasteiger charge is -2.19. The van der Waals surface area contributed by atoms with Crippen molar-refractivity contribution in [3.63, 3.8) is 0 Å². The number of nitrogens with zero attached hydrogens (tertiary/aromatic N) is 5. The molecule has 29 heavy (non-hydrogen) atoms. The van der Waals surface area contributed by atoms with E-state index in [9.17, 15) is 9.59 Å². The molecule has 1 N–H and O–H groups in total. The van der Waals surface area contributed by atoms with Crippen LogP contribution in [-0.2, 0) is 18.4 Å². The summed E-state index contributed by atoms with van der Waals surface area (Å²) in [6.07, 6.45) is 5.10. The first kappa shape index (κ1) is 18.5. The van der Waals surface area contributed by atoms with E-state index in [0.717, 1.165) is 16.0 Å². The van der Waals surface area contributed by atoms with Crippen molar-refractivity contribution in [1.29, 1.82) is 0 Å². The number of imidazole rings is 1. The van der Waals surface area contributed by atoms with Gasteiger partial charge in [0.05, 0.1) is 7.11 Å². The molecule has 9 heteroatoms. The average Bonchev–Trinajstić information content (AvgIpc) is 3.30. The smallest absolute Gasteiger partial charge is 0.350 e. The molecule has 9 nitrogen and oxygen atoms in total. The number of pyridine rings is 1. The lowest BCUT2D eigenvalue weighted by atomic mass is 10.1. The van der Waals surface area contributed by atoms with Gasteiger partial charge in [-0.05, 0) is 29.8 Å². The Bertz CT molecular complexity index is 1200. The van der Waals surface area contributed by atoms with Crippen LogP contribution in [-0.4, -0.2) is 36.7 Å². The number of amides is 1. The maximum atomic E-state index is 12.8. The van der Waals surface area contributed by atoms with Gasteiger partial charge in [-0.1, -0.05) is 18.2 Å². The average molecular weight is 392 g/mol. The molecule has 4 aromatic rings. The minimum atomic E-state index is -0.485. The van der Waals surface area contributed by atoms with Gasteiger partial charge in [-0.15, -0.1) is 5.10 Å². The highest BCUT2D eigenvalue weighted by Crippen LogP contribution is 2.23. The summed E-state index contributed by atoms with van der Waals surface area (Å²) in [6.45, 7) is -0.197. The van der Waals surface area contributed by atoms with Crippen molar-refractivity contribution >= 4 is 11.6 Å². The molecule has 3 aromatic heterocycles. The molecule has 0 fully saturated rings. The molecule has 0 saturated carbocycles. The Labute approximate surface area is 166 Å². The Balaban J connectivity index is 1.61. The van der Waals surface area contributed by atoms with E-state index >= 15 is 0 Å². The Hall–Kier alpha value is -3.88. The van der Waals surface area contributed by atoms with E-state index in [-0.39, 0.29) is 18.1 Å². The number of aryl methyl sites for hydroxylation is 1. The second-order valence-electron chi connectivity index (χ2n) is 6.54. The van der Waals surface area contributed by atoms with E-state index in [0.29, 0.717) is 11.5 Å². The highest BCUT2D eigenvalue weighted by molar-refractivity contribution is 5.76. The minimum Gasteiger partial charge on any atom is -0.497 e. The van der Waals surface area contributed by atoms with Crippen molar-refractivity contribution in [2.24, 2.45) is 7.05 Å². The lowest BCUT2D eigenvalue weighted by molar-refractivity contribution is -0.122. The quantitative estimate of drug-likeness (QED) is 0.531. The van der Waals surface area contributed by atoms with Gasteiger partial charge in [0.25, 0.3) is 0 Å². The second-order valence-corrected chi connectivity index (χ2v) is 6.54. The van der Waals surface area contributed by atoms with E-state index in [4.69, 9.17) is 4.74 Å². The van der Waals surface area contributed by atoms with Crippen LogP contribution in [0.25, 0.3) is 5.65 Å². The molecule has 1 amide bonds. The topological polar surface area (TPSA) is 95.4 Å². The van der Waals surface area contributed by atoms with Crippen LogP contribution in [0.5, 0.6) is 5.75 Å². The lowest BCUT2D eigenvalue weighted by Crippen LogP contribution is -2.36. The zero-order valence-electron chi connectivity index (χ0n) is 16.0. The number of rotatable bonds is 6. The molecule has 0 aliphatic heterocycles. The van der Waals surface area contributed by atoms with Crippen LogP contribution in [0.4, 0.5) is 0 Å². The molecule has 1 atom stereocenters. The monoisotopic (exact) mass is 392 g/mol. The summed E-state index contributed by atoms with van der Waals surface area (Å²) in [7, 11) is 3.46. The van der Waals surface area contributed by atoms with Crippen LogP contribution < -0.4 is 15.7 Å². The van der Waals surface area contributed by atoms with Gasteiger partial charge in [-0.2, -0.15) is 0 Å². The summed E-state index contributed by atoms with van der Waals surface area (Å²) >= 11 is 0. The summed E-state index contributed by atoms with van der Waals surface area (Å²) in [5.74, 6) is 1.04. The van der Waals surface area contributed by atoms with E-state index in [1.54, 1.807) is 37.7 Å². The van der Waals surface area contributed by atoms with Crippen LogP contribution in [0.15, 0.2) is 65.8 Å². The predicted octanol–water partition coefficient (Wildman–Crippen LogP) is 1.14. The van der Waals surface area contributed by atoms with Gasteiger partial charge in [-0.3, -0.25) is 9.20 Å². The molecule has 4 rings (SSSR count). The van der Waals surface area contributed by atoms with E-state index in [2.05, 4.69) is 15.4 Å². The predicted molar refractivity (Wildman–Crippen MR) is 106 cm³/mol. The summed E-state index contributed by atoms with van der Waals surface area (Å²) in [5.41, 5.74) is 0.964. The number of hydrogen-bond donors (Lipinski definition) is 1. The maximum Gasteiger partial charge on any atom is 0.350 e. The Morgan fingerprint density at radius 1 is 1.17 bits per heavy atom. The molecule has 0 aliphatic carbocycles. The minimum absolute atomic E-state index is 0.197. The number of fused-ring (bicyclic) bond motifs is 1. The fourth-order valence-corrected chi connectivity index (χ4v) is 3.16. The zero-order valence-corrected chi connectivity index (χ0v) is 16.0. The number of carbonyl (C=O) groups excluding carboxylic acids is 1. The van der Waals surface area contributed by atoms with Crippen molar-refractivity contribution in [1.82, 2.24) is 29.0 Å². The fourth-order valence-electron chi connectivity index (χ4n) is 3.16. The first-order valence-electron chi connectivity index (χ1n) is 9.01. The van der Waals surface area contributed by atoms with E-state index in [1.807, 2.05) is 42.1 Å². The summed E-state index contributed by atoms with van der Waals surface area (Å²) in [6, 6.07) is 12.1. The van der Waals surface area contributed by atoms with Gasteiger partial charge in [0.1, 0.15) is 24.2 Å². The van der Waals surface area contributed by atoms with E-state index < -0.39 is 6.04 Å². The molecule has 1 unspecified atom stereocenters. The molecule has 3 heterocycles. The van der Waals surface area contributed by atoms with Crippen LogP contribution in [0.2, 0.25) is 0 Å². The highest BCUT2D eigenvalue weighted by Gasteiger charge is 2.22. The first-order chi connectivity index (χ1) is 14.1. The number of aromatic nitrogens is 5. The van der Waals surface area contributed by atoms with Crippen LogP contribution >= 0.6 is 0 Å². The molecule has 0 saturated heterocycles. The van der Waals surface area contributed by atoms with Crippen LogP contribution in [0, 0.1) is 0 Å². The highest BCUT2D eigenvalue weighted by atomic mass is 16.5. The molecule has 0 aliphatic rings. The van der Waals surface area contributed by atoms with Crippen LogP contribution in [0.3, 0.4) is 0 Å². The largest absolute Gasteiger partial charge is 0.497 e. The summed E-state index contributed by atoms with van der Waals surface area (Å²) in [4.78, 5) is 29.6. The third-order valence-corrected chi connectivity index (χ3v) is 4.65. The third-order valence-electron chi connectivity index (χ3n) is 4.65. The van der Waals surface area contributed by atoms with Gasteiger partial charge in [0, 0.05) is 25.6 Å². The van der Waals surface area contributed by atoms with Crippen molar-refractivity contribution < 1.29 is 9.53 Å². The van der Waals surface area contributed by atoms with Crippen molar-refractivity contribution in [2.45, 2.75) is 12.6 Å². The van der Waals surface area contributed by atoms with Gasteiger partial charge >= 0.3 is 5.69 Å². The number of nitrogens with one attached hydrogen (secondary N) is 1. The molecule has 0 radical (unpaired) electrons. The zero-order chi connectivity index (χ0) is 20.4. The first-order valence-corrected chi connectivity index (χ1v) is 9.01. The van der Waals surface area contributed by atoms with Crippen molar-refractivity contribution in [3.05, 3.63) is 82.9 Å². The third kappa shape index (κ3) is 3.62. The number of hydrogen-bond acceptors (Lipinski definition) is 5. The number of methoxy groups -OCH3 is 1. The van der Waals surface area contributed by atoms with Gasteiger partial charge < -0.3 is 14.6 Å². The maximum absolute atomic E-state index is 12.8. The SMILES string of the molecule is COc1ccc(C(NC(=O)Cn2nc3ccccn3c2=O)c2nccn2C)cc1. The van der Waals surface area contributed by atoms with Gasteiger partial charge in [0.15, 0.2) is 5.65 Å². The van der Waals surface area contributed by atoms with Gasteiger partial charge in [-0.25, -0.2) is 14.5 Å². The molecule has 0 bridgehead atoms. The standard InChI is InChI=1S/C20H20N6O3/c1-24-12-10-21-19(24)18(14-6-8-15(29-2)9-7-14)22-17(27)13-26-20(28)25-11-4-3-5-16(25)23-26/h3-12,18H,13H2,1-2H3,(H,22,27). The fraction of sp³-hybridized carbons (Fsp3) is 0.200. The Morgan fingerprint density at radius 2 is 1.97 bits per heavy atom.